The van der Waals surface area contributed by atoms with Crippen molar-refractivity contribution in [1.82, 2.24) is 9.21 Å². The second-order valence-corrected chi connectivity index (χ2v) is 8.89. The van der Waals surface area contributed by atoms with Gasteiger partial charge in [0.2, 0.25) is 10.0 Å². The molecular formula is C20H23ClN2O6S. The number of halogens is 1. The minimum atomic E-state index is -3.80. The molecule has 1 aliphatic rings. The van der Waals surface area contributed by atoms with Crippen molar-refractivity contribution < 1.29 is 27.4 Å². The maximum Gasteiger partial charge on any atom is 0.260 e. The molecule has 0 bridgehead atoms. The van der Waals surface area contributed by atoms with Crippen molar-refractivity contribution in [3.05, 3.63) is 47.5 Å². The second-order valence-electron chi connectivity index (χ2n) is 6.54. The lowest BCUT2D eigenvalue weighted by molar-refractivity contribution is -0.134. The third-order valence-electron chi connectivity index (χ3n) is 4.76. The first kappa shape index (κ1) is 22.2. The minimum Gasteiger partial charge on any atom is -0.497 e. The van der Waals surface area contributed by atoms with Crippen molar-refractivity contribution >= 4 is 27.5 Å². The van der Waals surface area contributed by atoms with E-state index < -0.39 is 10.0 Å². The van der Waals surface area contributed by atoms with Crippen LogP contribution in [-0.2, 0) is 14.8 Å². The molecule has 0 unspecified atom stereocenters. The monoisotopic (exact) mass is 454 g/mol. The van der Waals surface area contributed by atoms with Gasteiger partial charge in [-0.15, -0.1) is 0 Å². The Balaban J connectivity index is 1.61. The summed E-state index contributed by atoms with van der Waals surface area (Å²) in [4.78, 5) is 14.0. The summed E-state index contributed by atoms with van der Waals surface area (Å²) in [5.41, 5.74) is 0. The van der Waals surface area contributed by atoms with Gasteiger partial charge in [0.15, 0.2) is 6.61 Å². The zero-order valence-electron chi connectivity index (χ0n) is 16.7. The van der Waals surface area contributed by atoms with E-state index >= 15 is 0 Å². The summed E-state index contributed by atoms with van der Waals surface area (Å²) in [6.07, 6.45) is 0. The van der Waals surface area contributed by atoms with Crippen LogP contribution < -0.4 is 14.2 Å². The Morgan fingerprint density at radius 3 is 2.20 bits per heavy atom. The van der Waals surface area contributed by atoms with Gasteiger partial charge in [0.05, 0.1) is 14.2 Å². The summed E-state index contributed by atoms with van der Waals surface area (Å²) in [5, 5.41) is 0.582. The molecular weight excluding hydrogens is 432 g/mol. The average Bonchev–Trinajstić information content (AvgIpc) is 2.78. The molecule has 3 rings (SSSR count). The van der Waals surface area contributed by atoms with E-state index in [1.165, 1.54) is 24.6 Å². The largest absolute Gasteiger partial charge is 0.497 e. The lowest BCUT2D eigenvalue weighted by Gasteiger charge is -2.34. The summed E-state index contributed by atoms with van der Waals surface area (Å²) in [5.74, 6) is 0.994. The predicted molar refractivity (Wildman–Crippen MR) is 112 cm³/mol. The van der Waals surface area contributed by atoms with Crippen LogP contribution in [0.25, 0.3) is 0 Å². The molecule has 1 heterocycles. The number of methoxy groups -OCH3 is 2. The van der Waals surface area contributed by atoms with Crippen LogP contribution in [0.5, 0.6) is 17.2 Å². The highest BCUT2D eigenvalue weighted by Gasteiger charge is 2.32. The lowest BCUT2D eigenvalue weighted by Crippen LogP contribution is -2.51. The Bertz CT molecular complexity index is 989. The van der Waals surface area contributed by atoms with Crippen LogP contribution in [0.4, 0.5) is 0 Å². The number of carbonyl (C=O) groups is 1. The summed E-state index contributed by atoms with van der Waals surface area (Å²) >= 11 is 5.83. The van der Waals surface area contributed by atoms with Gasteiger partial charge in [-0.1, -0.05) is 11.6 Å². The summed E-state index contributed by atoms with van der Waals surface area (Å²) in [6, 6.07) is 11.3. The quantitative estimate of drug-likeness (QED) is 0.638. The van der Waals surface area contributed by atoms with E-state index in [-0.39, 0.29) is 49.3 Å². The van der Waals surface area contributed by atoms with Crippen molar-refractivity contribution in [2.45, 2.75) is 4.90 Å². The van der Waals surface area contributed by atoms with E-state index in [4.69, 9.17) is 25.8 Å². The maximum absolute atomic E-state index is 13.1. The molecule has 0 spiro atoms. The molecule has 0 aromatic heterocycles. The third-order valence-corrected chi connectivity index (χ3v) is 6.93. The number of hydrogen-bond acceptors (Lipinski definition) is 6. The van der Waals surface area contributed by atoms with Gasteiger partial charge in [0, 0.05) is 37.3 Å². The first-order chi connectivity index (χ1) is 14.3. The summed E-state index contributed by atoms with van der Waals surface area (Å²) in [6.45, 7) is 0.769. The van der Waals surface area contributed by atoms with Gasteiger partial charge in [-0.2, -0.15) is 4.31 Å². The number of carbonyl (C=O) groups excluding carboxylic acids is 1. The summed E-state index contributed by atoms with van der Waals surface area (Å²) < 4.78 is 43.4. The van der Waals surface area contributed by atoms with Crippen molar-refractivity contribution in [1.29, 1.82) is 0 Å². The third kappa shape index (κ3) is 4.97. The molecule has 1 amide bonds. The predicted octanol–water partition coefficient (Wildman–Crippen LogP) is 2.27. The van der Waals surface area contributed by atoms with Gasteiger partial charge in [-0.25, -0.2) is 8.42 Å². The van der Waals surface area contributed by atoms with Crippen LogP contribution in [0.2, 0.25) is 5.02 Å². The number of amides is 1. The normalized spacial score (nSPS) is 15.0. The lowest BCUT2D eigenvalue weighted by atomic mass is 10.3. The van der Waals surface area contributed by atoms with E-state index in [1.54, 1.807) is 41.3 Å². The van der Waals surface area contributed by atoms with E-state index in [0.717, 1.165) is 0 Å². The smallest absolute Gasteiger partial charge is 0.260 e. The van der Waals surface area contributed by atoms with Crippen molar-refractivity contribution in [2.75, 3.05) is 47.0 Å². The van der Waals surface area contributed by atoms with Crippen LogP contribution >= 0.6 is 11.6 Å². The van der Waals surface area contributed by atoms with Gasteiger partial charge in [0.1, 0.15) is 22.1 Å². The van der Waals surface area contributed by atoms with Gasteiger partial charge in [-0.05, 0) is 36.4 Å². The van der Waals surface area contributed by atoms with Crippen LogP contribution in [-0.4, -0.2) is 70.5 Å². The highest BCUT2D eigenvalue weighted by atomic mass is 35.5. The van der Waals surface area contributed by atoms with E-state index in [2.05, 4.69) is 0 Å². The van der Waals surface area contributed by atoms with Crippen molar-refractivity contribution in [2.24, 2.45) is 0 Å². The van der Waals surface area contributed by atoms with E-state index in [0.29, 0.717) is 16.5 Å². The number of benzene rings is 2. The van der Waals surface area contributed by atoms with Crippen LogP contribution in [0.3, 0.4) is 0 Å². The topological polar surface area (TPSA) is 85.4 Å². The molecule has 0 aliphatic carbocycles. The Hall–Kier alpha value is -2.49. The zero-order chi connectivity index (χ0) is 21.7. The zero-order valence-corrected chi connectivity index (χ0v) is 18.3. The fraction of sp³-hybridized carbons (Fsp3) is 0.350. The molecule has 8 nitrogen and oxygen atoms in total. The number of hydrogen-bond donors (Lipinski definition) is 0. The van der Waals surface area contributed by atoms with Crippen molar-refractivity contribution in [3.63, 3.8) is 0 Å². The number of ether oxygens (including phenoxy) is 3. The number of sulfonamides is 1. The standard InChI is InChI=1S/C20H23ClN2O6S/c1-27-17-7-8-18(28-2)19(13-17)30(25,26)23-11-9-22(10-12-23)20(24)14-29-16-5-3-15(21)4-6-16/h3-8,13H,9-12,14H2,1-2H3. The van der Waals surface area contributed by atoms with Crippen LogP contribution in [0, 0.1) is 0 Å². The first-order valence-corrected chi connectivity index (χ1v) is 11.1. The van der Waals surface area contributed by atoms with Crippen LogP contribution in [0.1, 0.15) is 0 Å². The molecule has 10 heteroatoms. The maximum atomic E-state index is 13.1. The summed E-state index contributed by atoms with van der Waals surface area (Å²) in [7, 11) is -0.917. The minimum absolute atomic E-state index is 0.0372. The molecule has 0 saturated carbocycles. The molecule has 1 fully saturated rings. The van der Waals surface area contributed by atoms with E-state index in [1.807, 2.05) is 0 Å². The molecule has 0 radical (unpaired) electrons. The fourth-order valence-electron chi connectivity index (χ4n) is 3.07. The molecule has 2 aromatic rings. The highest BCUT2D eigenvalue weighted by Crippen LogP contribution is 2.31. The van der Waals surface area contributed by atoms with Gasteiger partial charge in [0.25, 0.3) is 5.91 Å². The fourth-order valence-corrected chi connectivity index (χ4v) is 4.79. The van der Waals surface area contributed by atoms with Crippen LogP contribution in [0.15, 0.2) is 47.4 Å². The average molecular weight is 455 g/mol. The molecule has 0 N–H and O–H groups in total. The van der Waals surface area contributed by atoms with Gasteiger partial charge < -0.3 is 19.1 Å². The Morgan fingerprint density at radius 2 is 1.60 bits per heavy atom. The Kier molecular flexibility index (Phi) is 7.06. The molecule has 30 heavy (non-hydrogen) atoms. The Morgan fingerprint density at radius 1 is 0.967 bits per heavy atom. The Labute approximate surface area is 180 Å². The molecule has 2 aromatic carbocycles. The first-order valence-electron chi connectivity index (χ1n) is 9.23. The molecule has 1 saturated heterocycles. The number of piperazine rings is 1. The van der Waals surface area contributed by atoms with Crippen molar-refractivity contribution in [3.8, 4) is 17.2 Å². The highest BCUT2D eigenvalue weighted by molar-refractivity contribution is 7.89. The van der Waals surface area contributed by atoms with Gasteiger partial charge in [-0.3, -0.25) is 4.79 Å². The van der Waals surface area contributed by atoms with Gasteiger partial charge >= 0.3 is 0 Å². The molecule has 1 aliphatic heterocycles. The molecule has 162 valence electrons. The SMILES string of the molecule is COc1ccc(OC)c(S(=O)(=O)N2CCN(C(=O)COc3ccc(Cl)cc3)CC2)c1. The number of rotatable bonds is 7. The second kappa shape index (κ2) is 9.55. The number of nitrogens with zero attached hydrogens (tertiary/aromatic N) is 2. The van der Waals surface area contributed by atoms with E-state index in [9.17, 15) is 13.2 Å². The molecule has 0 atom stereocenters.